The first-order valence-corrected chi connectivity index (χ1v) is 9.10. The first-order chi connectivity index (χ1) is 12.3. The molecule has 4 rings (SSSR count). The lowest BCUT2D eigenvalue weighted by atomic mass is 10.1. The molecule has 2 aromatic heterocycles. The number of aromatic nitrogens is 2. The molecule has 1 saturated heterocycles. The van der Waals surface area contributed by atoms with Gasteiger partial charge in [0.05, 0.1) is 25.0 Å². The highest BCUT2D eigenvalue weighted by Crippen LogP contribution is 2.35. The molecule has 1 aliphatic carbocycles. The van der Waals surface area contributed by atoms with Crippen molar-refractivity contribution in [3.63, 3.8) is 0 Å². The minimum absolute atomic E-state index is 0.316. The maximum Gasteiger partial charge on any atom is 0.213 e. The molecule has 0 N–H and O–H groups in total. The SMILES string of the molecule is Cc1cccc(CN2CCO[C@@H]3C[C@H](COc4ccccn4)C[C@H]32)n1. The van der Waals surface area contributed by atoms with E-state index < -0.39 is 0 Å². The highest BCUT2D eigenvalue weighted by molar-refractivity contribution is 5.11. The summed E-state index contributed by atoms with van der Waals surface area (Å²) in [6.45, 7) is 5.45. The van der Waals surface area contributed by atoms with E-state index in [9.17, 15) is 0 Å². The molecular weight excluding hydrogens is 314 g/mol. The van der Waals surface area contributed by atoms with Gasteiger partial charge in [0.1, 0.15) is 0 Å². The summed E-state index contributed by atoms with van der Waals surface area (Å²) in [4.78, 5) is 11.4. The third-order valence-electron chi connectivity index (χ3n) is 5.16. The minimum Gasteiger partial charge on any atom is -0.477 e. The van der Waals surface area contributed by atoms with E-state index in [1.54, 1.807) is 6.20 Å². The van der Waals surface area contributed by atoms with E-state index in [2.05, 4.69) is 27.0 Å². The molecule has 0 spiro atoms. The summed E-state index contributed by atoms with van der Waals surface area (Å²) < 4.78 is 11.9. The predicted molar refractivity (Wildman–Crippen MR) is 95.4 cm³/mol. The van der Waals surface area contributed by atoms with Gasteiger partial charge in [-0.1, -0.05) is 12.1 Å². The Morgan fingerprint density at radius 3 is 3.00 bits per heavy atom. The number of fused-ring (bicyclic) bond motifs is 1. The van der Waals surface area contributed by atoms with E-state index in [0.717, 1.165) is 43.9 Å². The molecule has 1 aliphatic heterocycles. The molecule has 0 amide bonds. The molecule has 3 heterocycles. The van der Waals surface area contributed by atoms with Gasteiger partial charge in [-0.15, -0.1) is 0 Å². The van der Waals surface area contributed by atoms with E-state index in [0.29, 0.717) is 30.6 Å². The lowest BCUT2D eigenvalue weighted by molar-refractivity contribution is -0.0594. The normalized spacial score (nSPS) is 26.4. The summed E-state index contributed by atoms with van der Waals surface area (Å²) in [5, 5.41) is 0. The molecule has 1 saturated carbocycles. The van der Waals surface area contributed by atoms with Crippen LogP contribution in [0.4, 0.5) is 0 Å². The molecule has 3 atom stereocenters. The average molecular weight is 339 g/mol. The van der Waals surface area contributed by atoms with Crippen molar-refractivity contribution in [1.29, 1.82) is 0 Å². The van der Waals surface area contributed by atoms with Gasteiger partial charge in [0.2, 0.25) is 5.88 Å². The van der Waals surface area contributed by atoms with Crippen LogP contribution in [-0.2, 0) is 11.3 Å². The van der Waals surface area contributed by atoms with Gasteiger partial charge in [-0.05, 0) is 43.9 Å². The maximum atomic E-state index is 6.04. The second kappa shape index (κ2) is 7.50. The van der Waals surface area contributed by atoms with Crippen molar-refractivity contribution in [2.24, 2.45) is 5.92 Å². The number of ether oxygens (including phenoxy) is 2. The molecule has 2 fully saturated rings. The number of aryl methyl sites for hydroxylation is 1. The second-order valence-corrected chi connectivity index (χ2v) is 7.03. The first-order valence-electron chi connectivity index (χ1n) is 9.10. The van der Waals surface area contributed by atoms with Crippen molar-refractivity contribution in [1.82, 2.24) is 14.9 Å². The van der Waals surface area contributed by atoms with Crippen molar-refractivity contribution in [3.05, 3.63) is 54.0 Å². The summed E-state index contributed by atoms with van der Waals surface area (Å²) in [6.07, 6.45) is 4.26. The number of pyridine rings is 2. The fourth-order valence-electron chi connectivity index (χ4n) is 3.99. The van der Waals surface area contributed by atoms with Crippen LogP contribution < -0.4 is 4.74 Å². The minimum atomic E-state index is 0.316. The van der Waals surface area contributed by atoms with Gasteiger partial charge in [-0.25, -0.2) is 4.98 Å². The Bertz CT molecular complexity index is 694. The topological polar surface area (TPSA) is 47.5 Å². The monoisotopic (exact) mass is 339 g/mol. The first kappa shape index (κ1) is 16.5. The van der Waals surface area contributed by atoms with Gasteiger partial charge in [0.15, 0.2) is 0 Å². The van der Waals surface area contributed by atoms with E-state index in [4.69, 9.17) is 9.47 Å². The highest BCUT2D eigenvalue weighted by Gasteiger charge is 2.41. The van der Waals surface area contributed by atoms with Crippen molar-refractivity contribution in [2.75, 3.05) is 19.8 Å². The Balaban J connectivity index is 1.36. The van der Waals surface area contributed by atoms with Crippen LogP contribution in [0, 0.1) is 12.8 Å². The zero-order chi connectivity index (χ0) is 17.1. The summed E-state index contributed by atoms with van der Waals surface area (Å²) >= 11 is 0. The second-order valence-electron chi connectivity index (χ2n) is 7.03. The Hall–Kier alpha value is -1.98. The molecule has 0 bridgehead atoms. The Kier molecular flexibility index (Phi) is 4.95. The van der Waals surface area contributed by atoms with Crippen LogP contribution in [0.15, 0.2) is 42.6 Å². The lowest BCUT2D eigenvalue weighted by Gasteiger charge is -2.37. The van der Waals surface area contributed by atoms with Crippen molar-refractivity contribution < 1.29 is 9.47 Å². The molecule has 5 heteroatoms. The van der Waals surface area contributed by atoms with Crippen molar-refractivity contribution in [2.45, 2.75) is 38.5 Å². The quantitative estimate of drug-likeness (QED) is 0.838. The molecule has 0 radical (unpaired) electrons. The van der Waals surface area contributed by atoms with Crippen LogP contribution in [0.1, 0.15) is 24.2 Å². The van der Waals surface area contributed by atoms with Crippen molar-refractivity contribution in [3.8, 4) is 5.88 Å². The largest absolute Gasteiger partial charge is 0.477 e. The van der Waals surface area contributed by atoms with Crippen LogP contribution >= 0.6 is 0 Å². The van der Waals surface area contributed by atoms with Gasteiger partial charge < -0.3 is 9.47 Å². The van der Waals surface area contributed by atoms with Gasteiger partial charge in [0.25, 0.3) is 0 Å². The Morgan fingerprint density at radius 2 is 2.16 bits per heavy atom. The molecule has 132 valence electrons. The van der Waals surface area contributed by atoms with Gasteiger partial charge >= 0.3 is 0 Å². The third-order valence-corrected chi connectivity index (χ3v) is 5.16. The fraction of sp³-hybridized carbons (Fsp3) is 0.500. The Labute approximate surface area is 149 Å². The molecular formula is C20H25N3O2. The van der Waals surface area contributed by atoms with E-state index in [1.165, 1.54) is 0 Å². The van der Waals surface area contributed by atoms with Gasteiger partial charge in [-0.3, -0.25) is 9.88 Å². The number of hydrogen-bond acceptors (Lipinski definition) is 5. The van der Waals surface area contributed by atoms with Crippen LogP contribution in [0.2, 0.25) is 0 Å². The zero-order valence-corrected chi connectivity index (χ0v) is 14.7. The fourth-order valence-corrected chi connectivity index (χ4v) is 3.99. The lowest BCUT2D eigenvalue weighted by Crippen LogP contribution is -2.48. The van der Waals surface area contributed by atoms with Gasteiger partial charge in [0, 0.05) is 37.1 Å². The summed E-state index contributed by atoms with van der Waals surface area (Å²) in [6, 6.07) is 12.5. The zero-order valence-electron chi connectivity index (χ0n) is 14.7. The molecule has 2 aromatic rings. The highest BCUT2D eigenvalue weighted by atomic mass is 16.5. The number of morpholine rings is 1. The Morgan fingerprint density at radius 1 is 1.20 bits per heavy atom. The molecule has 0 aromatic carbocycles. The predicted octanol–water partition coefficient (Wildman–Crippen LogP) is 2.84. The third kappa shape index (κ3) is 3.99. The average Bonchev–Trinajstić information content (AvgIpc) is 3.05. The molecule has 2 aliphatic rings. The summed E-state index contributed by atoms with van der Waals surface area (Å²) in [5.41, 5.74) is 2.23. The number of rotatable bonds is 5. The molecule has 5 nitrogen and oxygen atoms in total. The number of hydrogen-bond donors (Lipinski definition) is 0. The number of nitrogens with zero attached hydrogens (tertiary/aromatic N) is 3. The van der Waals surface area contributed by atoms with Crippen LogP contribution in [0.3, 0.4) is 0 Å². The molecule has 25 heavy (non-hydrogen) atoms. The van der Waals surface area contributed by atoms with E-state index >= 15 is 0 Å². The van der Waals surface area contributed by atoms with Crippen LogP contribution in [0.25, 0.3) is 0 Å². The van der Waals surface area contributed by atoms with E-state index in [-0.39, 0.29) is 0 Å². The van der Waals surface area contributed by atoms with Crippen LogP contribution in [-0.4, -0.2) is 46.8 Å². The summed E-state index contributed by atoms with van der Waals surface area (Å²) in [5.74, 6) is 1.22. The van der Waals surface area contributed by atoms with E-state index in [1.807, 2.05) is 31.2 Å². The standard InChI is InChI=1S/C20H25N3O2/c1-15-5-4-6-17(22-15)13-23-9-10-24-19-12-16(11-18(19)23)14-25-20-7-2-3-8-21-20/h2-8,16,18-19H,9-14H2,1H3/t16-,18-,19-/m1/s1. The van der Waals surface area contributed by atoms with Crippen molar-refractivity contribution >= 4 is 0 Å². The van der Waals surface area contributed by atoms with Gasteiger partial charge in [-0.2, -0.15) is 0 Å². The van der Waals surface area contributed by atoms with Crippen LogP contribution in [0.5, 0.6) is 5.88 Å². The maximum absolute atomic E-state index is 6.04. The summed E-state index contributed by atoms with van der Waals surface area (Å²) in [7, 11) is 0. The smallest absolute Gasteiger partial charge is 0.213 e. The molecule has 0 unspecified atom stereocenters.